The molecule has 1 atom stereocenters. The first-order valence-corrected chi connectivity index (χ1v) is 10.7. The molecule has 0 radical (unpaired) electrons. The summed E-state index contributed by atoms with van der Waals surface area (Å²) in [5.41, 5.74) is 1.91. The van der Waals surface area contributed by atoms with Crippen LogP contribution >= 0.6 is 22.7 Å². The second-order valence-electron chi connectivity index (χ2n) is 7.15. The third-order valence-corrected chi connectivity index (χ3v) is 7.20. The highest BCUT2D eigenvalue weighted by atomic mass is 32.1. The summed E-state index contributed by atoms with van der Waals surface area (Å²) in [4.78, 5) is 28.3. The Morgan fingerprint density at radius 3 is 2.84 bits per heavy atom. The van der Waals surface area contributed by atoms with Crippen molar-refractivity contribution in [2.75, 3.05) is 13.1 Å². The van der Waals surface area contributed by atoms with Gasteiger partial charge in [-0.05, 0) is 39.2 Å². The van der Waals surface area contributed by atoms with Crippen molar-refractivity contribution < 1.29 is 4.79 Å². The highest BCUT2D eigenvalue weighted by Gasteiger charge is 2.45. The molecule has 134 valence electrons. The lowest BCUT2D eigenvalue weighted by Gasteiger charge is -2.38. The predicted molar refractivity (Wildman–Crippen MR) is 101 cm³/mol. The van der Waals surface area contributed by atoms with Gasteiger partial charge < -0.3 is 4.90 Å². The SMILES string of the molecule is Cc1ncc(CN2CCCC3(CCC(=O)N3Cc3cncs3)CC2)s1. The average molecular weight is 377 g/mol. The summed E-state index contributed by atoms with van der Waals surface area (Å²) in [6.45, 7) is 5.96. The Labute approximate surface area is 156 Å². The monoisotopic (exact) mass is 376 g/mol. The molecule has 1 spiro atoms. The van der Waals surface area contributed by atoms with Gasteiger partial charge in [-0.3, -0.25) is 14.7 Å². The lowest BCUT2D eigenvalue weighted by molar-refractivity contribution is -0.132. The molecule has 0 aromatic carbocycles. The van der Waals surface area contributed by atoms with E-state index >= 15 is 0 Å². The van der Waals surface area contributed by atoms with Gasteiger partial charge in [-0.2, -0.15) is 0 Å². The molecule has 25 heavy (non-hydrogen) atoms. The summed E-state index contributed by atoms with van der Waals surface area (Å²) in [7, 11) is 0. The molecule has 4 rings (SSSR count). The first kappa shape index (κ1) is 17.1. The van der Waals surface area contributed by atoms with E-state index in [9.17, 15) is 4.79 Å². The fourth-order valence-corrected chi connectivity index (χ4v) is 5.64. The van der Waals surface area contributed by atoms with Gasteiger partial charge in [0.1, 0.15) is 0 Å². The zero-order valence-corrected chi connectivity index (χ0v) is 16.2. The molecule has 0 bridgehead atoms. The van der Waals surface area contributed by atoms with Gasteiger partial charge in [0.15, 0.2) is 0 Å². The summed E-state index contributed by atoms with van der Waals surface area (Å²) in [5, 5.41) is 1.14. The third-order valence-electron chi connectivity index (χ3n) is 5.53. The van der Waals surface area contributed by atoms with Crippen LogP contribution in [-0.4, -0.2) is 44.3 Å². The molecule has 4 heterocycles. The molecule has 2 fully saturated rings. The molecule has 1 amide bonds. The Balaban J connectivity index is 1.45. The highest BCUT2D eigenvalue weighted by molar-refractivity contribution is 7.11. The van der Waals surface area contributed by atoms with Crippen LogP contribution in [0.5, 0.6) is 0 Å². The molecule has 2 saturated heterocycles. The quantitative estimate of drug-likeness (QED) is 0.820. The van der Waals surface area contributed by atoms with Crippen LogP contribution in [0, 0.1) is 6.92 Å². The van der Waals surface area contributed by atoms with Crippen LogP contribution in [-0.2, 0) is 17.9 Å². The Morgan fingerprint density at radius 1 is 1.16 bits per heavy atom. The number of nitrogens with zero attached hydrogens (tertiary/aromatic N) is 4. The minimum atomic E-state index is 0.0550. The predicted octanol–water partition coefficient (Wildman–Crippen LogP) is 3.46. The van der Waals surface area contributed by atoms with Crippen LogP contribution < -0.4 is 0 Å². The van der Waals surface area contributed by atoms with Gasteiger partial charge in [0.2, 0.25) is 5.91 Å². The minimum absolute atomic E-state index is 0.0550. The van der Waals surface area contributed by atoms with Crippen molar-refractivity contribution in [2.24, 2.45) is 0 Å². The lowest BCUT2D eigenvalue weighted by Crippen LogP contribution is -2.45. The molecule has 2 aromatic heterocycles. The third kappa shape index (κ3) is 3.64. The first-order chi connectivity index (χ1) is 12.1. The Hall–Kier alpha value is -1.31. The normalized spacial score (nSPS) is 25.0. The van der Waals surface area contributed by atoms with Crippen molar-refractivity contribution >= 4 is 28.6 Å². The standard InChI is InChI=1S/C18H24N4OS2/c1-14-20-10-16(25-14)11-21-7-2-4-18(6-8-21)5-3-17(23)22(18)12-15-9-19-13-24-15/h9-10,13H,2-8,11-12H2,1H3. The van der Waals surface area contributed by atoms with Gasteiger partial charge in [0, 0.05) is 47.2 Å². The average Bonchev–Trinajstić information content (AvgIpc) is 3.27. The van der Waals surface area contributed by atoms with Crippen molar-refractivity contribution in [3.05, 3.63) is 32.7 Å². The topological polar surface area (TPSA) is 49.3 Å². The van der Waals surface area contributed by atoms with Crippen LogP contribution in [0.1, 0.15) is 46.9 Å². The van der Waals surface area contributed by atoms with Gasteiger partial charge in [-0.25, -0.2) is 4.98 Å². The zero-order chi connectivity index (χ0) is 17.3. The van der Waals surface area contributed by atoms with Crippen molar-refractivity contribution in [3.8, 4) is 0 Å². The summed E-state index contributed by atoms with van der Waals surface area (Å²) in [6, 6.07) is 0. The molecule has 7 heteroatoms. The minimum Gasteiger partial charge on any atom is -0.332 e. The van der Waals surface area contributed by atoms with Crippen molar-refractivity contribution in [1.29, 1.82) is 0 Å². The lowest BCUT2D eigenvalue weighted by atomic mass is 9.87. The van der Waals surface area contributed by atoms with Crippen LogP contribution in [0.3, 0.4) is 0 Å². The van der Waals surface area contributed by atoms with Crippen molar-refractivity contribution in [1.82, 2.24) is 19.8 Å². The van der Waals surface area contributed by atoms with Gasteiger partial charge in [-0.15, -0.1) is 22.7 Å². The largest absolute Gasteiger partial charge is 0.332 e. The van der Waals surface area contributed by atoms with E-state index in [-0.39, 0.29) is 5.54 Å². The number of aromatic nitrogens is 2. The number of rotatable bonds is 4. The number of hydrogen-bond donors (Lipinski definition) is 0. The van der Waals surface area contributed by atoms with Crippen LogP contribution in [0.25, 0.3) is 0 Å². The van der Waals surface area contributed by atoms with E-state index in [2.05, 4.69) is 26.7 Å². The number of amides is 1. The molecule has 0 aliphatic carbocycles. The van der Waals surface area contributed by atoms with Crippen LogP contribution in [0.2, 0.25) is 0 Å². The van der Waals surface area contributed by atoms with Crippen molar-refractivity contribution in [3.63, 3.8) is 0 Å². The second-order valence-corrected chi connectivity index (χ2v) is 9.44. The molecule has 2 aromatic rings. The van der Waals surface area contributed by atoms with Crippen molar-refractivity contribution in [2.45, 2.75) is 57.7 Å². The molecular weight excluding hydrogens is 352 g/mol. The smallest absolute Gasteiger partial charge is 0.223 e. The van der Waals surface area contributed by atoms with E-state index in [0.717, 1.165) is 56.9 Å². The van der Waals surface area contributed by atoms with Gasteiger partial charge in [0.25, 0.3) is 0 Å². The first-order valence-electron chi connectivity index (χ1n) is 8.96. The summed E-state index contributed by atoms with van der Waals surface area (Å²) in [6.07, 6.45) is 8.98. The summed E-state index contributed by atoms with van der Waals surface area (Å²) in [5.74, 6) is 0.319. The second kappa shape index (κ2) is 7.13. The van der Waals surface area contributed by atoms with E-state index in [4.69, 9.17) is 0 Å². The van der Waals surface area contributed by atoms with Crippen LogP contribution in [0.15, 0.2) is 17.9 Å². The summed E-state index contributed by atoms with van der Waals surface area (Å²) < 4.78 is 0. The highest BCUT2D eigenvalue weighted by Crippen LogP contribution is 2.40. The maximum atomic E-state index is 12.6. The maximum Gasteiger partial charge on any atom is 0.223 e. The fourth-order valence-electron chi connectivity index (χ4n) is 4.22. The number of carbonyl (C=O) groups is 1. The Kier molecular flexibility index (Phi) is 4.88. The number of aryl methyl sites for hydroxylation is 1. The molecule has 0 N–H and O–H groups in total. The van der Waals surface area contributed by atoms with Gasteiger partial charge >= 0.3 is 0 Å². The number of carbonyl (C=O) groups excluding carboxylic acids is 1. The Morgan fingerprint density at radius 2 is 2.08 bits per heavy atom. The van der Waals surface area contributed by atoms with E-state index < -0.39 is 0 Å². The number of thiazole rings is 2. The van der Waals surface area contributed by atoms with Crippen LogP contribution in [0.4, 0.5) is 0 Å². The summed E-state index contributed by atoms with van der Waals surface area (Å²) >= 11 is 3.44. The molecule has 0 saturated carbocycles. The van der Waals surface area contributed by atoms with E-state index in [1.54, 1.807) is 22.7 Å². The number of hydrogen-bond acceptors (Lipinski definition) is 6. The van der Waals surface area contributed by atoms with E-state index in [1.807, 2.05) is 17.9 Å². The van der Waals surface area contributed by atoms with E-state index in [0.29, 0.717) is 12.3 Å². The molecule has 2 aliphatic heterocycles. The van der Waals surface area contributed by atoms with Gasteiger partial charge in [-0.1, -0.05) is 0 Å². The zero-order valence-electron chi connectivity index (χ0n) is 14.6. The maximum absolute atomic E-state index is 12.6. The number of likely N-dealkylation sites (tertiary alicyclic amines) is 2. The molecular formula is C18H24N4OS2. The van der Waals surface area contributed by atoms with Gasteiger partial charge in [0.05, 0.1) is 17.1 Å². The molecule has 2 aliphatic rings. The van der Waals surface area contributed by atoms with E-state index in [1.165, 1.54) is 9.75 Å². The molecule has 1 unspecified atom stereocenters. The Bertz CT molecular complexity index is 729. The molecule has 5 nitrogen and oxygen atoms in total. The fraction of sp³-hybridized carbons (Fsp3) is 0.611.